The number of H-pyrrole nitrogens is 1. The summed E-state index contributed by atoms with van der Waals surface area (Å²) in [6.07, 6.45) is 10.4. The monoisotopic (exact) mass is 264 g/mol. The van der Waals surface area contributed by atoms with E-state index in [2.05, 4.69) is 20.3 Å². The average molecular weight is 264 g/mol. The van der Waals surface area contributed by atoms with Crippen LogP contribution in [0.15, 0.2) is 6.20 Å². The highest BCUT2D eigenvalue weighted by Crippen LogP contribution is 2.31. The van der Waals surface area contributed by atoms with Gasteiger partial charge in [-0.25, -0.2) is 0 Å². The smallest absolute Gasteiger partial charge is 0.123 e. The van der Waals surface area contributed by atoms with Crippen LogP contribution < -0.4 is 0 Å². The van der Waals surface area contributed by atoms with Gasteiger partial charge < -0.3 is 10.0 Å². The van der Waals surface area contributed by atoms with Gasteiger partial charge in [-0.1, -0.05) is 25.7 Å². The van der Waals surface area contributed by atoms with Crippen LogP contribution in [-0.4, -0.2) is 45.1 Å². The topological polar surface area (TPSA) is 65.0 Å². The van der Waals surface area contributed by atoms with Crippen LogP contribution in [0, 0.1) is 5.92 Å². The molecule has 1 saturated carbocycles. The lowest BCUT2D eigenvalue weighted by atomic mass is 9.89. The summed E-state index contributed by atoms with van der Waals surface area (Å²) in [6, 6.07) is 0. The van der Waals surface area contributed by atoms with E-state index in [4.69, 9.17) is 0 Å². The van der Waals surface area contributed by atoms with E-state index in [-0.39, 0.29) is 0 Å². The van der Waals surface area contributed by atoms with E-state index in [0.717, 1.165) is 31.8 Å². The maximum absolute atomic E-state index is 10.7. The van der Waals surface area contributed by atoms with E-state index in [1.54, 1.807) is 6.20 Å². The molecule has 1 aromatic heterocycles. The van der Waals surface area contributed by atoms with E-state index in [9.17, 15) is 5.11 Å². The van der Waals surface area contributed by atoms with Gasteiger partial charge in [0.15, 0.2) is 0 Å². The molecule has 0 amide bonds. The third-order valence-corrected chi connectivity index (χ3v) is 4.77. The molecule has 2 heterocycles. The van der Waals surface area contributed by atoms with E-state index in [1.807, 2.05) is 0 Å². The van der Waals surface area contributed by atoms with Gasteiger partial charge in [0.05, 0.1) is 6.20 Å². The van der Waals surface area contributed by atoms with Gasteiger partial charge >= 0.3 is 0 Å². The summed E-state index contributed by atoms with van der Waals surface area (Å²) in [4.78, 5) is 2.40. The number of likely N-dealkylation sites (tertiary alicyclic amines) is 1. The van der Waals surface area contributed by atoms with Gasteiger partial charge in [0.2, 0.25) is 0 Å². The van der Waals surface area contributed by atoms with Gasteiger partial charge in [0.25, 0.3) is 0 Å². The van der Waals surface area contributed by atoms with Gasteiger partial charge in [-0.15, -0.1) is 0 Å². The molecule has 0 spiro atoms. The van der Waals surface area contributed by atoms with Crippen LogP contribution in [0.2, 0.25) is 0 Å². The Morgan fingerprint density at radius 3 is 2.95 bits per heavy atom. The van der Waals surface area contributed by atoms with Crippen molar-refractivity contribution >= 4 is 0 Å². The highest BCUT2D eigenvalue weighted by molar-refractivity contribution is 5.08. The van der Waals surface area contributed by atoms with Crippen molar-refractivity contribution in [2.45, 2.75) is 50.5 Å². The highest BCUT2D eigenvalue weighted by Gasteiger charge is 2.37. The maximum atomic E-state index is 10.7. The molecule has 1 aliphatic carbocycles. The molecule has 1 saturated heterocycles. The van der Waals surface area contributed by atoms with Crippen molar-refractivity contribution in [3.63, 3.8) is 0 Å². The third kappa shape index (κ3) is 2.98. The Labute approximate surface area is 114 Å². The number of hydrogen-bond acceptors (Lipinski definition) is 4. The molecule has 3 rings (SSSR count). The summed E-state index contributed by atoms with van der Waals surface area (Å²) in [5.41, 5.74) is -0.112. The molecule has 0 bridgehead atoms. The lowest BCUT2D eigenvalue weighted by Crippen LogP contribution is -2.46. The molecule has 1 aromatic rings. The molecule has 0 unspecified atom stereocenters. The summed E-state index contributed by atoms with van der Waals surface area (Å²) in [5, 5.41) is 21.2. The van der Waals surface area contributed by atoms with Gasteiger partial charge in [0.1, 0.15) is 11.3 Å². The Hall–Kier alpha value is -0.940. The van der Waals surface area contributed by atoms with Gasteiger partial charge in [-0.3, -0.25) is 0 Å². The number of hydrogen-bond donors (Lipinski definition) is 2. The predicted molar refractivity (Wildman–Crippen MR) is 72.5 cm³/mol. The summed E-state index contributed by atoms with van der Waals surface area (Å²) in [6.45, 7) is 2.92. The molecule has 19 heavy (non-hydrogen) atoms. The molecule has 0 aromatic carbocycles. The Bertz CT molecular complexity index is 388. The van der Waals surface area contributed by atoms with Crippen LogP contribution in [0.25, 0.3) is 0 Å². The highest BCUT2D eigenvalue weighted by atomic mass is 16.3. The molecule has 5 heteroatoms. The van der Waals surface area contributed by atoms with Crippen molar-refractivity contribution in [2.24, 2.45) is 5.92 Å². The molecule has 1 atom stereocenters. The van der Waals surface area contributed by atoms with Gasteiger partial charge in [-0.05, 0) is 38.3 Å². The second kappa shape index (κ2) is 5.59. The van der Waals surface area contributed by atoms with Crippen LogP contribution in [0.1, 0.15) is 50.6 Å². The zero-order chi connectivity index (χ0) is 13.1. The van der Waals surface area contributed by atoms with E-state index >= 15 is 0 Å². The second-order valence-corrected chi connectivity index (χ2v) is 6.21. The zero-order valence-electron chi connectivity index (χ0n) is 11.5. The minimum absolute atomic E-state index is 0.693. The number of nitrogens with one attached hydrogen (secondary N) is 1. The summed E-state index contributed by atoms with van der Waals surface area (Å²) < 4.78 is 0. The van der Waals surface area contributed by atoms with Crippen molar-refractivity contribution in [1.82, 2.24) is 20.3 Å². The fraction of sp³-hybridized carbons (Fsp3) is 0.857. The number of piperidine rings is 1. The molecule has 106 valence electrons. The summed E-state index contributed by atoms with van der Waals surface area (Å²) in [7, 11) is 0. The quantitative estimate of drug-likeness (QED) is 0.868. The Kier molecular flexibility index (Phi) is 3.84. The molecule has 2 aliphatic rings. The largest absolute Gasteiger partial charge is 0.382 e. The lowest BCUT2D eigenvalue weighted by Gasteiger charge is -2.38. The minimum atomic E-state index is -0.805. The Morgan fingerprint density at radius 2 is 2.21 bits per heavy atom. The van der Waals surface area contributed by atoms with Crippen molar-refractivity contribution in [3.8, 4) is 0 Å². The fourth-order valence-corrected chi connectivity index (χ4v) is 3.61. The van der Waals surface area contributed by atoms with Crippen molar-refractivity contribution in [3.05, 3.63) is 11.9 Å². The number of aliphatic hydroxyl groups is 1. The Morgan fingerprint density at radius 1 is 1.37 bits per heavy atom. The first kappa shape index (κ1) is 13.1. The molecule has 2 fully saturated rings. The first-order valence-corrected chi connectivity index (χ1v) is 7.57. The minimum Gasteiger partial charge on any atom is -0.382 e. The molecule has 1 aliphatic heterocycles. The van der Waals surface area contributed by atoms with Crippen LogP contribution in [0.4, 0.5) is 0 Å². The van der Waals surface area contributed by atoms with Crippen LogP contribution >= 0.6 is 0 Å². The predicted octanol–water partition coefficient (Wildman–Crippen LogP) is 1.67. The third-order valence-electron chi connectivity index (χ3n) is 4.77. The van der Waals surface area contributed by atoms with Gasteiger partial charge in [-0.2, -0.15) is 15.4 Å². The number of β-amino-alcohol motifs (C(OH)–C–C–N with tert-alkyl or cyclic N) is 1. The van der Waals surface area contributed by atoms with Gasteiger partial charge in [0, 0.05) is 6.54 Å². The fourth-order valence-electron chi connectivity index (χ4n) is 3.61. The van der Waals surface area contributed by atoms with Crippen molar-refractivity contribution in [1.29, 1.82) is 0 Å². The molecular weight excluding hydrogens is 240 g/mol. The lowest BCUT2D eigenvalue weighted by molar-refractivity contribution is -0.0400. The zero-order valence-corrected chi connectivity index (χ0v) is 11.5. The number of aromatic nitrogens is 3. The first-order valence-electron chi connectivity index (χ1n) is 7.57. The standard InChI is InChI=1S/C14H24N4O/c19-14(13-10-15-17-16-13)7-3-8-18(11-14)9-6-12-4-1-2-5-12/h10,12,19H,1-9,11H2,(H,15,16,17)/t14-/m1/s1. The Balaban J connectivity index is 1.55. The van der Waals surface area contributed by atoms with Crippen molar-refractivity contribution in [2.75, 3.05) is 19.6 Å². The number of rotatable bonds is 4. The molecule has 5 nitrogen and oxygen atoms in total. The van der Waals surface area contributed by atoms with Crippen LogP contribution in [0.3, 0.4) is 0 Å². The summed E-state index contributed by atoms with van der Waals surface area (Å²) in [5.74, 6) is 0.919. The SMILES string of the molecule is O[C@]1(c2cn[nH]n2)CCCN(CCC2CCCC2)C1. The first-order chi connectivity index (χ1) is 9.26. The second-order valence-electron chi connectivity index (χ2n) is 6.21. The molecule has 2 N–H and O–H groups in total. The van der Waals surface area contributed by atoms with E-state index < -0.39 is 5.60 Å². The number of nitrogens with zero attached hydrogens (tertiary/aromatic N) is 3. The number of aromatic amines is 1. The van der Waals surface area contributed by atoms with Crippen LogP contribution in [-0.2, 0) is 5.60 Å². The maximum Gasteiger partial charge on any atom is 0.123 e. The molecular formula is C14H24N4O. The normalized spacial score (nSPS) is 29.9. The van der Waals surface area contributed by atoms with Crippen LogP contribution in [0.5, 0.6) is 0 Å². The summed E-state index contributed by atoms with van der Waals surface area (Å²) >= 11 is 0. The molecule has 0 radical (unpaired) electrons. The van der Waals surface area contributed by atoms with E-state index in [0.29, 0.717) is 12.2 Å². The van der Waals surface area contributed by atoms with E-state index in [1.165, 1.54) is 32.1 Å². The van der Waals surface area contributed by atoms with Crippen molar-refractivity contribution < 1.29 is 5.11 Å². The average Bonchev–Trinajstić information content (AvgIpc) is 3.10.